The first-order valence-electron chi connectivity index (χ1n) is 14.8. The van der Waals surface area contributed by atoms with Gasteiger partial charge in [0.2, 0.25) is 0 Å². The van der Waals surface area contributed by atoms with Gasteiger partial charge >= 0.3 is 0 Å². The first-order chi connectivity index (χ1) is 19.9. The van der Waals surface area contributed by atoms with Crippen LogP contribution in [0.3, 0.4) is 0 Å². The number of carbonyl (C=O) groups excluding carboxylic acids is 1. The molecule has 0 N–H and O–H groups in total. The number of amides is 1. The lowest BCUT2D eigenvalue weighted by atomic mass is 10.0. The van der Waals surface area contributed by atoms with Crippen LogP contribution in [0.2, 0.25) is 0 Å². The Morgan fingerprint density at radius 2 is 1.68 bits per heavy atom. The minimum absolute atomic E-state index is 0.0831. The molecule has 4 rings (SSSR count). The van der Waals surface area contributed by atoms with Gasteiger partial charge < -0.3 is 4.90 Å². The number of thiocarbonyl (C=S) groups is 1. The first-order valence-corrected chi connectivity index (χ1v) is 16.1. The average Bonchev–Trinajstić information content (AvgIpc) is 3.24. The van der Waals surface area contributed by atoms with Crippen LogP contribution in [0.25, 0.3) is 6.08 Å². The summed E-state index contributed by atoms with van der Waals surface area (Å²) in [6.45, 7) is 11.3. The Kier molecular flexibility index (Phi) is 11.2. The quantitative estimate of drug-likeness (QED) is 0.172. The van der Waals surface area contributed by atoms with E-state index < -0.39 is 0 Å². The molecule has 9 heteroatoms. The normalized spacial score (nSPS) is 17.1. The van der Waals surface area contributed by atoms with Crippen LogP contribution in [0.15, 0.2) is 40.0 Å². The van der Waals surface area contributed by atoms with Crippen LogP contribution >= 0.6 is 24.0 Å². The molecule has 218 valence electrons. The van der Waals surface area contributed by atoms with Crippen molar-refractivity contribution in [2.75, 3.05) is 37.6 Å². The van der Waals surface area contributed by atoms with E-state index in [0.29, 0.717) is 27.9 Å². The number of piperazine rings is 1. The summed E-state index contributed by atoms with van der Waals surface area (Å²) in [4.78, 5) is 33.9. The van der Waals surface area contributed by atoms with Crippen LogP contribution in [0.1, 0.15) is 74.6 Å². The number of nitriles is 1. The standard InChI is InChI=1S/C32H41N5O2S2/c1-4-6-7-8-12-16-37-31(39)28(41-32(37)40)21-26-24(3)27(22-33)30(38)36(15-5-2)29(26)35-19-17-34(18-20-35)23-25-13-10-9-11-14-25/h9-11,13-14,21H,4-8,12,15-20,23H2,1-3H3/b28-21+. The van der Waals surface area contributed by atoms with Crippen molar-refractivity contribution in [3.05, 3.63) is 67.8 Å². The van der Waals surface area contributed by atoms with E-state index in [0.717, 1.165) is 69.8 Å². The molecule has 1 aromatic heterocycles. The summed E-state index contributed by atoms with van der Waals surface area (Å²) >= 11 is 6.93. The van der Waals surface area contributed by atoms with Crippen LogP contribution in [0.5, 0.6) is 0 Å². The molecular formula is C32H41N5O2S2. The second-order valence-corrected chi connectivity index (χ2v) is 12.5. The van der Waals surface area contributed by atoms with Gasteiger partial charge in [-0.15, -0.1) is 0 Å². The molecule has 1 aromatic carbocycles. The van der Waals surface area contributed by atoms with Gasteiger partial charge in [0.1, 0.15) is 21.8 Å². The Hall–Kier alpha value is -2.93. The maximum Gasteiger partial charge on any atom is 0.270 e. The molecule has 0 radical (unpaired) electrons. The molecule has 0 unspecified atom stereocenters. The topological polar surface area (TPSA) is 72.6 Å². The maximum atomic E-state index is 13.5. The molecule has 2 aromatic rings. The minimum Gasteiger partial charge on any atom is -0.355 e. The monoisotopic (exact) mass is 591 g/mol. The molecule has 0 bridgehead atoms. The molecule has 2 aliphatic rings. The van der Waals surface area contributed by atoms with Crippen LogP contribution in [-0.4, -0.2) is 57.3 Å². The zero-order valence-corrected chi connectivity index (χ0v) is 26.2. The number of thioether (sulfide) groups is 1. The highest BCUT2D eigenvalue weighted by atomic mass is 32.2. The van der Waals surface area contributed by atoms with Crippen molar-refractivity contribution >= 4 is 46.1 Å². The highest BCUT2D eigenvalue weighted by Gasteiger charge is 2.33. The van der Waals surface area contributed by atoms with Crippen molar-refractivity contribution in [1.29, 1.82) is 5.26 Å². The van der Waals surface area contributed by atoms with E-state index in [-0.39, 0.29) is 17.0 Å². The van der Waals surface area contributed by atoms with Gasteiger partial charge in [-0.3, -0.25) is 24.0 Å². The Morgan fingerprint density at radius 3 is 2.34 bits per heavy atom. The average molecular weight is 592 g/mol. The predicted molar refractivity (Wildman–Crippen MR) is 173 cm³/mol. The van der Waals surface area contributed by atoms with Crippen LogP contribution < -0.4 is 10.5 Å². The predicted octanol–water partition coefficient (Wildman–Crippen LogP) is 5.93. The van der Waals surface area contributed by atoms with Crippen LogP contribution in [0.4, 0.5) is 5.82 Å². The molecule has 0 saturated carbocycles. The van der Waals surface area contributed by atoms with E-state index in [9.17, 15) is 14.9 Å². The van der Waals surface area contributed by atoms with E-state index in [4.69, 9.17) is 12.2 Å². The summed E-state index contributed by atoms with van der Waals surface area (Å²) < 4.78 is 2.33. The van der Waals surface area contributed by atoms with Crippen LogP contribution in [-0.2, 0) is 17.9 Å². The molecule has 2 saturated heterocycles. The molecule has 41 heavy (non-hydrogen) atoms. The summed E-state index contributed by atoms with van der Waals surface area (Å²) in [6.07, 6.45) is 8.19. The molecule has 7 nitrogen and oxygen atoms in total. The van der Waals surface area contributed by atoms with E-state index in [1.54, 1.807) is 9.47 Å². The van der Waals surface area contributed by atoms with Crippen molar-refractivity contribution in [3.63, 3.8) is 0 Å². The Bertz CT molecular complexity index is 1370. The maximum absolute atomic E-state index is 13.5. The lowest BCUT2D eigenvalue weighted by Gasteiger charge is -2.38. The summed E-state index contributed by atoms with van der Waals surface area (Å²) in [5, 5.41) is 9.94. The number of benzene rings is 1. The van der Waals surface area contributed by atoms with Crippen molar-refractivity contribution in [1.82, 2.24) is 14.4 Å². The Labute approximate surface area is 253 Å². The van der Waals surface area contributed by atoms with Crippen molar-refractivity contribution in [2.24, 2.45) is 0 Å². The number of unbranched alkanes of at least 4 members (excludes halogenated alkanes) is 4. The number of nitrogens with zero attached hydrogens (tertiary/aromatic N) is 5. The highest BCUT2D eigenvalue weighted by Crippen LogP contribution is 2.36. The summed E-state index contributed by atoms with van der Waals surface area (Å²) in [7, 11) is 0. The van der Waals surface area contributed by atoms with Gasteiger partial charge in [0.25, 0.3) is 11.5 Å². The lowest BCUT2D eigenvalue weighted by Crippen LogP contribution is -2.48. The second kappa shape index (κ2) is 14.8. The molecule has 0 aliphatic carbocycles. The Balaban J connectivity index is 1.64. The molecule has 2 fully saturated rings. The molecule has 0 atom stereocenters. The number of carbonyl (C=O) groups is 1. The number of pyridine rings is 1. The van der Waals surface area contributed by atoms with Gasteiger partial charge in [-0.1, -0.05) is 93.8 Å². The Morgan fingerprint density at radius 1 is 0.976 bits per heavy atom. The minimum atomic E-state index is -0.259. The molecule has 1 amide bonds. The van der Waals surface area contributed by atoms with Crippen molar-refractivity contribution < 1.29 is 4.79 Å². The lowest BCUT2D eigenvalue weighted by molar-refractivity contribution is -0.122. The zero-order chi connectivity index (χ0) is 29.4. The zero-order valence-electron chi connectivity index (χ0n) is 24.5. The third-order valence-corrected chi connectivity index (χ3v) is 9.23. The molecule has 2 aliphatic heterocycles. The van der Waals surface area contributed by atoms with E-state index >= 15 is 0 Å². The van der Waals surface area contributed by atoms with Gasteiger partial charge in [0.05, 0.1) is 4.91 Å². The first kappa shape index (κ1) is 31.0. The van der Waals surface area contributed by atoms with Crippen molar-refractivity contribution in [2.45, 2.75) is 72.4 Å². The van der Waals surface area contributed by atoms with Crippen molar-refractivity contribution in [3.8, 4) is 6.07 Å². The number of anilines is 1. The largest absolute Gasteiger partial charge is 0.355 e. The number of hydrogen-bond donors (Lipinski definition) is 0. The SMILES string of the molecule is CCCCCCCN1C(=O)/C(=C\c2c(C)c(C#N)c(=O)n(CCC)c2N2CCN(Cc3ccccc3)CC2)SC1=S. The van der Waals surface area contributed by atoms with Gasteiger partial charge in [-0.2, -0.15) is 5.26 Å². The third-order valence-electron chi connectivity index (χ3n) is 7.85. The number of aromatic nitrogens is 1. The number of rotatable bonds is 12. The molecular weight excluding hydrogens is 551 g/mol. The molecule has 3 heterocycles. The van der Waals surface area contributed by atoms with E-state index in [1.807, 2.05) is 26.0 Å². The van der Waals surface area contributed by atoms with Gasteiger partial charge in [-0.05, 0) is 37.0 Å². The second-order valence-electron chi connectivity index (χ2n) is 10.8. The molecule has 0 spiro atoms. The fourth-order valence-corrected chi connectivity index (χ4v) is 6.86. The third kappa shape index (κ3) is 7.29. The summed E-state index contributed by atoms with van der Waals surface area (Å²) in [5.74, 6) is 0.720. The van der Waals surface area contributed by atoms with Gasteiger partial charge in [0, 0.05) is 51.4 Å². The smallest absolute Gasteiger partial charge is 0.270 e. The fourth-order valence-electron chi connectivity index (χ4n) is 5.57. The fraction of sp³-hybridized carbons (Fsp3) is 0.500. The van der Waals surface area contributed by atoms with E-state index in [1.165, 1.54) is 30.2 Å². The number of hydrogen-bond acceptors (Lipinski definition) is 7. The summed E-state index contributed by atoms with van der Waals surface area (Å²) in [5.41, 5.74) is 2.56. The van der Waals surface area contributed by atoms with Gasteiger partial charge in [-0.25, -0.2) is 0 Å². The summed E-state index contributed by atoms with van der Waals surface area (Å²) in [6, 6.07) is 12.6. The highest BCUT2D eigenvalue weighted by molar-refractivity contribution is 8.26. The van der Waals surface area contributed by atoms with Gasteiger partial charge in [0.15, 0.2) is 0 Å². The van der Waals surface area contributed by atoms with E-state index in [2.05, 4.69) is 47.1 Å². The van der Waals surface area contributed by atoms with Crippen LogP contribution in [0, 0.1) is 18.3 Å².